The van der Waals surface area contributed by atoms with Crippen molar-refractivity contribution in [2.75, 3.05) is 0 Å². The van der Waals surface area contributed by atoms with E-state index in [1.165, 1.54) is 0 Å². The maximum absolute atomic E-state index is 11.8. The highest BCUT2D eigenvalue weighted by molar-refractivity contribution is 6.00. The third-order valence-corrected chi connectivity index (χ3v) is 3.05. The van der Waals surface area contributed by atoms with Crippen LogP contribution in [0.25, 0.3) is 0 Å². The van der Waals surface area contributed by atoms with Gasteiger partial charge in [-0.2, -0.15) is 0 Å². The van der Waals surface area contributed by atoms with Crippen molar-refractivity contribution >= 4 is 5.91 Å². The Balaban J connectivity index is 2.21. The number of amides is 1. The topological polar surface area (TPSA) is 49.3 Å². The number of carbonyl (C=O) groups excluding carboxylic acids is 1. The summed E-state index contributed by atoms with van der Waals surface area (Å²) < 4.78 is 0. The van der Waals surface area contributed by atoms with Crippen molar-refractivity contribution in [1.29, 1.82) is 0 Å². The first-order valence-corrected chi connectivity index (χ1v) is 5.42. The summed E-state index contributed by atoms with van der Waals surface area (Å²) in [5.41, 5.74) is 0.392. The Morgan fingerprint density at radius 3 is 2.35 bits per heavy atom. The zero-order valence-corrected chi connectivity index (χ0v) is 9.05. The third-order valence-electron chi connectivity index (χ3n) is 3.05. The van der Waals surface area contributed by atoms with Gasteiger partial charge in [-0.1, -0.05) is 48.5 Å². The molecule has 0 saturated carbocycles. The van der Waals surface area contributed by atoms with E-state index in [2.05, 4.69) is 5.32 Å². The van der Waals surface area contributed by atoms with Gasteiger partial charge >= 0.3 is 0 Å². The van der Waals surface area contributed by atoms with Crippen molar-refractivity contribution in [3.05, 3.63) is 71.3 Å². The number of fused-ring (bicyclic) bond motifs is 1. The first kappa shape index (κ1) is 10.1. The van der Waals surface area contributed by atoms with E-state index in [1.807, 2.05) is 24.3 Å². The number of aliphatic hydroxyl groups is 1. The van der Waals surface area contributed by atoms with Crippen LogP contribution in [0.1, 0.15) is 21.5 Å². The molecule has 0 fully saturated rings. The van der Waals surface area contributed by atoms with Gasteiger partial charge in [0.2, 0.25) is 0 Å². The number of hydrogen-bond acceptors (Lipinski definition) is 2. The van der Waals surface area contributed by atoms with Crippen molar-refractivity contribution in [2.24, 2.45) is 0 Å². The largest absolute Gasteiger partial charge is 0.363 e. The molecule has 1 heterocycles. The Labute approximate surface area is 98.7 Å². The summed E-state index contributed by atoms with van der Waals surface area (Å²) in [6.45, 7) is 0. The fourth-order valence-corrected chi connectivity index (χ4v) is 2.20. The lowest BCUT2D eigenvalue weighted by Crippen LogP contribution is -2.40. The predicted octanol–water partition coefficient (Wildman–Crippen LogP) is 1.62. The minimum Gasteiger partial charge on any atom is -0.363 e. The van der Waals surface area contributed by atoms with E-state index in [9.17, 15) is 9.90 Å². The van der Waals surface area contributed by atoms with Gasteiger partial charge in [0.05, 0.1) is 0 Å². The molecule has 2 aromatic carbocycles. The minimum absolute atomic E-state index is 0.244. The van der Waals surface area contributed by atoms with Crippen LogP contribution in [0.2, 0.25) is 0 Å². The Kier molecular flexibility index (Phi) is 2.03. The molecule has 0 spiro atoms. The number of nitrogens with one attached hydrogen (secondary N) is 1. The summed E-state index contributed by atoms with van der Waals surface area (Å²) in [6.07, 6.45) is 0. The van der Waals surface area contributed by atoms with Crippen LogP contribution in [0.4, 0.5) is 0 Å². The molecule has 2 aromatic rings. The highest BCUT2D eigenvalue weighted by Gasteiger charge is 2.42. The molecule has 84 valence electrons. The SMILES string of the molecule is O=C1N[C@@](O)(c2ccccc2)c2ccccc21. The monoisotopic (exact) mass is 225 g/mol. The van der Waals surface area contributed by atoms with Crippen LogP contribution in [0.5, 0.6) is 0 Å². The number of carbonyl (C=O) groups is 1. The molecule has 2 N–H and O–H groups in total. The van der Waals surface area contributed by atoms with Crippen molar-refractivity contribution in [2.45, 2.75) is 5.72 Å². The molecule has 3 heteroatoms. The van der Waals surface area contributed by atoms with Crippen LogP contribution in [0.3, 0.4) is 0 Å². The number of benzene rings is 2. The second kappa shape index (κ2) is 3.43. The van der Waals surface area contributed by atoms with E-state index >= 15 is 0 Å². The van der Waals surface area contributed by atoms with E-state index < -0.39 is 5.72 Å². The van der Waals surface area contributed by atoms with Gasteiger partial charge in [0, 0.05) is 16.7 Å². The maximum atomic E-state index is 11.8. The van der Waals surface area contributed by atoms with Gasteiger partial charge in [0.15, 0.2) is 5.72 Å². The van der Waals surface area contributed by atoms with E-state index in [0.717, 1.165) is 0 Å². The summed E-state index contributed by atoms with van der Waals surface area (Å²) in [4.78, 5) is 11.8. The van der Waals surface area contributed by atoms with Crippen LogP contribution < -0.4 is 5.32 Å². The Hall–Kier alpha value is -2.13. The van der Waals surface area contributed by atoms with Crippen molar-refractivity contribution in [3.8, 4) is 0 Å². The summed E-state index contributed by atoms with van der Waals surface area (Å²) in [5.74, 6) is -0.244. The molecule has 1 atom stereocenters. The predicted molar refractivity (Wildman–Crippen MR) is 63.3 cm³/mol. The summed E-state index contributed by atoms with van der Waals surface area (Å²) in [6, 6.07) is 16.2. The second-order valence-electron chi connectivity index (χ2n) is 4.08. The number of rotatable bonds is 1. The van der Waals surface area contributed by atoms with Crippen LogP contribution in [-0.4, -0.2) is 11.0 Å². The first-order valence-electron chi connectivity index (χ1n) is 5.42. The standard InChI is InChI=1S/C14H11NO2/c16-13-11-8-4-5-9-12(11)14(17,15-13)10-6-2-1-3-7-10/h1-9,17H,(H,15,16)/t14-/m1/s1. The van der Waals surface area contributed by atoms with Gasteiger partial charge in [-0.3, -0.25) is 4.79 Å². The first-order chi connectivity index (χ1) is 8.22. The molecule has 0 bridgehead atoms. The lowest BCUT2D eigenvalue weighted by atomic mass is 9.95. The zero-order chi connectivity index (χ0) is 11.9. The molecule has 0 aliphatic carbocycles. The number of hydrogen-bond donors (Lipinski definition) is 2. The molecule has 0 aromatic heterocycles. The Bertz CT molecular complexity index is 580. The average Bonchev–Trinajstić information content (AvgIpc) is 2.65. The Morgan fingerprint density at radius 1 is 0.941 bits per heavy atom. The molecule has 17 heavy (non-hydrogen) atoms. The molecule has 1 aliphatic heterocycles. The van der Waals surface area contributed by atoms with Crippen molar-refractivity contribution < 1.29 is 9.90 Å². The lowest BCUT2D eigenvalue weighted by Gasteiger charge is -2.24. The quantitative estimate of drug-likeness (QED) is 0.774. The van der Waals surface area contributed by atoms with E-state index in [1.54, 1.807) is 30.3 Å². The molecule has 0 saturated heterocycles. The van der Waals surface area contributed by atoms with Crippen LogP contribution in [0, 0.1) is 0 Å². The van der Waals surface area contributed by atoms with E-state index in [0.29, 0.717) is 16.7 Å². The van der Waals surface area contributed by atoms with Crippen LogP contribution in [0.15, 0.2) is 54.6 Å². The van der Waals surface area contributed by atoms with Crippen molar-refractivity contribution in [1.82, 2.24) is 5.32 Å². The average molecular weight is 225 g/mol. The minimum atomic E-state index is -1.41. The van der Waals surface area contributed by atoms with Crippen LogP contribution in [-0.2, 0) is 5.72 Å². The van der Waals surface area contributed by atoms with Crippen molar-refractivity contribution in [3.63, 3.8) is 0 Å². The molecular formula is C14H11NO2. The smallest absolute Gasteiger partial charge is 0.254 e. The molecule has 3 rings (SSSR count). The highest BCUT2D eigenvalue weighted by atomic mass is 16.3. The van der Waals surface area contributed by atoms with E-state index in [-0.39, 0.29) is 5.91 Å². The molecule has 3 nitrogen and oxygen atoms in total. The van der Waals surface area contributed by atoms with Gasteiger partial charge in [-0.05, 0) is 6.07 Å². The van der Waals surface area contributed by atoms with Gasteiger partial charge in [0.25, 0.3) is 5.91 Å². The summed E-state index contributed by atoms with van der Waals surface area (Å²) >= 11 is 0. The molecule has 0 unspecified atom stereocenters. The van der Waals surface area contributed by atoms with Gasteiger partial charge in [-0.25, -0.2) is 0 Å². The Morgan fingerprint density at radius 2 is 1.59 bits per heavy atom. The molecular weight excluding hydrogens is 214 g/mol. The van der Waals surface area contributed by atoms with Crippen LogP contribution >= 0.6 is 0 Å². The molecule has 1 aliphatic rings. The molecule has 1 amide bonds. The van der Waals surface area contributed by atoms with E-state index in [4.69, 9.17) is 0 Å². The fourth-order valence-electron chi connectivity index (χ4n) is 2.20. The normalized spacial score (nSPS) is 22.1. The van der Waals surface area contributed by atoms with Gasteiger partial charge in [-0.15, -0.1) is 0 Å². The fraction of sp³-hybridized carbons (Fsp3) is 0.0714. The molecule has 0 radical (unpaired) electrons. The zero-order valence-electron chi connectivity index (χ0n) is 9.05. The highest BCUT2D eigenvalue weighted by Crippen LogP contribution is 2.34. The summed E-state index contributed by atoms with van der Waals surface area (Å²) in [7, 11) is 0. The lowest BCUT2D eigenvalue weighted by molar-refractivity contribution is 0.0476. The van der Waals surface area contributed by atoms with Gasteiger partial charge in [0.1, 0.15) is 0 Å². The van der Waals surface area contributed by atoms with Gasteiger partial charge < -0.3 is 10.4 Å². The maximum Gasteiger partial charge on any atom is 0.254 e. The second-order valence-corrected chi connectivity index (χ2v) is 4.08. The summed E-state index contributed by atoms with van der Waals surface area (Å²) in [5, 5.41) is 13.3. The third kappa shape index (κ3) is 1.36.